The van der Waals surface area contributed by atoms with E-state index in [4.69, 9.17) is 22.1 Å². The topological polar surface area (TPSA) is 64.3 Å². The molecule has 2 aromatic rings. The van der Waals surface area contributed by atoms with Gasteiger partial charge in [-0.05, 0) is 48.4 Å². The Morgan fingerprint density at radius 1 is 1.24 bits per heavy atom. The van der Waals surface area contributed by atoms with Crippen LogP contribution in [-0.4, -0.2) is 12.5 Å². The van der Waals surface area contributed by atoms with Crippen molar-refractivity contribution in [2.24, 2.45) is 0 Å². The average molecular weight is 305 g/mol. The Morgan fingerprint density at radius 3 is 2.62 bits per heavy atom. The molecule has 0 radical (unpaired) electrons. The number of ether oxygens (including phenoxy) is 1. The second-order valence-corrected chi connectivity index (χ2v) is 5.18. The summed E-state index contributed by atoms with van der Waals surface area (Å²) in [6, 6.07) is 12.6. The number of aryl methyl sites for hydroxylation is 1. The van der Waals surface area contributed by atoms with Gasteiger partial charge in [-0.1, -0.05) is 23.7 Å². The summed E-state index contributed by atoms with van der Waals surface area (Å²) in [6.45, 7) is 2.25. The van der Waals surface area contributed by atoms with Crippen molar-refractivity contribution in [3.8, 4) is 0 Å². The summed E-state index contributed by atoms with van der Waals surface area (Å²) in [6.07, 6.45) is 0. The number of benzene rings is 2. The fraction of sp³-hybridized carbons (Fsp3) is 0.188. The van der Waals surface area contributed by atoms with E-state index >= 15 is 0 Å². The van der Waals surface area contributed by atoms with Gasteiger partial charge in [0.05, 0.1) is 6.61 Å². The van der Waals surface area contributed by atoms with Crippen molar-refractivity contribution >= 4 is 28.9 Å². The quantitative estimate of drug-likeness (QED) is 0.832. The predicted molar refractivity (Wildman–Crippen MR) is 85.3 cm³/mol. The SMILES string of the molecule is Cc1cc(N)ccc1NC(=O)COCc1ccc(Cl)cc1. The second kappa shape index (κ2) is 7.11. The Balaban J connectivity index is 1.81. The third kappa shape index (κ3) is 4.77. The van der Waals surface area contributed by atoms with E-state index in [0.717, 1.165) is 16.8 Å². The molecule has 0 saturated heterocycles. The van der Waals surface area contributed by atoms with Gasteiger partial charge in [0.1, 0.15) is 6.61 Å². The first kappa shape index (κ1) is 15.4. The molecule has 2 aromatic carbocycles. The number of carbonyl (C=O) groups is 1. The molecular weight excluding hydrogens is 288 g/mol. The van der Waals surface area contributed by atoms with E-state index < -0.39 is 0 Å². The first-order valence-electron chi connectivity index (χ1n) is 6.53. The summed E-state index contributed by atoms with van der Waals surface area (Å²) < 4.78 is 5.38. The molecule has 0 aliphatic heterocycles. The number of carbonyl (C=O) groups excluding carboxylic acids is 1. The van der Waals surface area contributed by atoms with Gasteiger partial charge in [0.25, 0.3) is 0 Å². The van der Waals surface area contributed by atoms with E-state index in [1.165, 1.54) is 0 Å². The maximum Gasteiger partial charge on any atom is 0.250 e. The van der Waals surface area contributed by atoms with Crippen molar-refractivity contribution < 1.29 is 9.53 Å². The Kier molecular flexibility index (Phi) is 5.20. The number of rotatable bonds is 5. The lowest BCUT2D eigenvalue weighted by molar-refractivity contribution is -0.121. The zero-order valence-electron chi connectivity index (χ0n) is 11.7. The maximum atomic E-state index is 11.8. The van der Waals surface area contributed by atoms with Gasteiger partial charge in [0.2, 0.25) is 5.91 Å². The van der Waals surface area contributed by atoms with Gasteiger partial charge < -0.3 is 15.8 Å². The molecule has 2 rings (SSSR count). The van der Waals surface area contributed by atoms with Crippen molar-refractivity contribution in [1.82, 2.24) is 0 Å². The number of nitrogens with one attached hydrogen (secondary N) is 1. The highest BCUT2D eigenvalue weighted by molar-refractivity contribution is 6.30. The van der Waals surface area contributed by atoms with Crippen LogP contribution >= 0.6 is 11.6 Å². The van der Waals surface area contributed by atoms with Crippen molar-refractivity contribution in [1.29, 1.82) is 0 Å². The van der Waals surface area contributed by atoms with E-state index in [-0.39, 0.29) is 12.5 Å². The van der Waals surface area contributed by atoms with Crippen LogP contribution in [0.5, 0.6) is 0 Å². The van der Waals surface area contributed by atoms with E-state index in [2.05, 4.69) is 5.32 Å². The lowest BCUT2D eigenvalue weighted by Crippen LogP contribution is -2.18. The van der Waals surface area contributed by atoms with Crippen molar-refractivity contribution in [3.63, 3.8) is 0 Å². The fourth-order valence-electron chi connectivity index (χ4n) is 1.86. The van der Waals surface area contributed by atoms with E-state index in [9.17, 15) is 4.79 Å². The smallest absolute Gasteiger partial charge is 0.250 e. The van der Waals surface area contributed by atoms with Crippen LogP contribution in [0.25, 0.3) is 0 Å². The predicted octanol–water partition coefficient (Wildman–Crippen LogP) is 3.39. The van der Waals surface area contributed by atoms with Gasteiger partial charge in [0.15, 0.2) is 0 Å². The molecule has 21 heavy (non-hydrogen) atoms. The molecule has 0 aliphatic carbocycles. The molecule has 0 aliphatic rings. The molecule has 0 saturated carbocycles. The van der Waals surface area contributed by atoms with Crippen LogP contribution in [-0.2, 0) is 16.1 Å². The molecule has 0 bridgehead atoms. The molecule has 0 atom stereocenters. The highest BCUT2D eigenvalue weighted by Gasteiger charge is 2.05. The summed E-state index contributed by atoms with van der Waals surface area (Å²) in [5.74, 6) is -0.197. The zero-order chi connectivity index (χ0) is 15.2. The number of halogens is 1. The van der Waals surface area contributed by atoms with Crippen molar-refractivity contribution in [2.75, 3.05) is 17.7 Å². The monoisotopic (exact) mass is 304 g/mol. The molecule has 3 N–H and O–H groups in total. The fourth-order valence-corrected chi connectivity index (χ4v) is 1.98. The van der Waals surface area contributed by atoms with Gasteiger partial charge in [-0.2, -0.15) is 0 Å². The molecule has 0 unspecified atom stereocenters. The molecule has 0 fully saturated rings. The third-order valence-corrected chi connectivity index (χ3v) is 3.19. The van der Waals surface area contributed by atoms with Gasteiger partial charge in [0, 0.05) is 16.4 Å². The Bertz CT molecular complexity index is 627. The number of amides is 1. The first-order chi connectivity index (χ1) is 10.0. The average Bonchev–Trinajstić information content (AvgIpc) is 2.44. The summed E-state index contributed by atoms with van der Waals surface area (Å²) >= 11 is 5.80. The van der Waals surface area contributed by atoms with Crippen molar-refractivity contribution in [2.45, 2.75) is 13.5 Å². The van der Waals surface area contributed by atoms with Crippen LogP contribution in [0.3, 0.4) is 0 Å². The Morgan fingerprint density at radius 2 is 1.95 bits per heavy atom. The van der Waals surface area contributed by atoms with Crippen LogP contribution in [0.2, 0.25) is 5.02 Å². The highest BCUT2D eigenvalue weighted by Crippen LogP contribution is 2.17. The van der Waals surface area contributed by atoms with E-state index in [0.29, 0.717) is 17.3 Å². The summed E-state index contributed by atoms with van der Waals surface area (Å²) in [7, 11) is 0. The first-order valence-corrected chi connectivity index (χ1v) is 6.90. The van der Waals surface area contributed by atoms with Gasteiger partial charge >= 0.3 is 0 Å². The van der Waals surface area contributed by atoms with Crippen LogP contribution in [0.4, 0.5) is 11.4 Å². The Labute approximate surface area is 128 Å². The van der Waals surface area contributed by atoms with Crippen LogP contribution in [0, 0.1) is 6.92 Å². The largest absolute Gasteiger partial charge is 0.399 e. The van der Waals surface area contributed by atoms with Gasteiger partial charge in [-0.3, -0.25) is 4.79 Å². The van der Waals surface area contributed by atoms with E-state index in [1.54, 1.807) is 24.3 Å². The Hall–Kier alpha value is -2.04. The molecule has 110 valence electrons. The molecule has 0 heterocycles. The minimum Gasteiger partial charge on any atom is -0.399 e. The standard InChI is InChI=1S/C16H17ClN2O2/c1-11-8-14(18)6-7-15(11)19-16(20)10-21-9-12-2-4-13(17)5-3-12/h2-8H,9-10,18H2,1H3,(H,19,20). The number of hydrogen-bond acceptors (Lipinski definition) is 3. The maximum absolute atomic E-state index is 11.8. The number of nitrogen functional groups attached to an aromatic ring is 1. The van der Waals surface area contributed by atoms with Crippen molar-refractivity contribution in [3.05, 3.63) is 58.6 Å². The molecule has 1 amide bonds. The van der Waals surface area contributed by atoms with Gasteiger partial charge in [-0.25, -0.2) is 0 Å². The lowest BCUT2D eigenvalue weighted by Gasteiger charge is -2.09. The van der Waals surface area contributed by atoms with Crippen LogP contribution in [0.15, 0.2) is 42.5 Å². The minimum atomic E-state index is -0.197. The number of nitrogens with two attached hydrogens (primary N) is 1. The molecule has 4 nitrogen and oxygen atoms in total. The second-order valence-electron chi connectivity index (χ2n) is 4.74. The van der Waals surface area contributed by atoms with E-state index in [1.807, 2.05) is 25.1 Å². The minimum absolute atomic E-state index is 0.00750. The molecule has 0 spiro atoms. The van der Waals surface area contributed by atoms with Gasteiger partial charge in [-0.15, -0.1) is 0 Å². The summed E-state index contributed by atoms with van der Waals surface area (Å²) in [5.41, 5.74) is 8.96. The van der Waals surface area contributed by atoms with Crippen LogP contribution < -0.4 is 11.1 Å². The van der Waals surface area contributed by atoms with Crippen LogP contribution in [0.1, 0.15) is 11.1 Å². The molecular formula is C16H17ClN2O2. The third-order valence-electron chi connectivity index (χ3n) is 2.94. The number of hydrogen-bond donors (Lipinski definition) is 2. The highest BCUT2D eigenvalue weighted by atomic mass is 35.5. The zero-order valence-corrected chi connectivity index (χ0v) is 12.5. The normalized spacial score (nSPS) is 10.4. The number of anilines is 2. The molecule has 0 aromatic heterocycles. The molecule has 5 heteroatoms. The summed E-state index contributed by atoms with van der Waals surface area (Å²) in [5, 5.41) is 3.47. The summed E-state index contributed by atoms with van der Waals surface area (Å²) in [4.78, 5) is 11.8. The lowest BCUT2D eigenvalue weighted by atomic mass is 10.2.